The van der Waals surface area contributed by atoms with E-state index < -0.39 is 23.1 Å². The molecule has 11 heteroatoms. The minimum absolute atomic E-state index is 0.0348. The lowest BCUT2D eigenvalue weighted by atomic mass is 9.87. The quantitative estimate of drug-likeness (QED) is 0.133. The highest BCUT2D eigenvalue weighted by Crippen LogP contribution is 2.41. The summed E-state index contributed by atoms with van der Waals surface area (Å²) in [6.45, 7) is 6.47. The lowest BCUT2D eigenvalue weighted by molar-refractivity contribution is -0.129. The van der Waals surface area contributed by atoms with Gasteiger partial charge in [0.05, 0.1) is 22.3 Å². The van der Waals surface area contributed by atoms with Crippen LogP contribution in [0.5, 0.6) is 11.8 Å². The molecular weight excluding hydrogens is 662 g/mol. The maximum absolute atomic E-state index is 15.0. The summed E-state index contributed by atoms with van der Waals surface area (Å²) in [6.07, 6.45) is 16.4. The number of benzene rings is 2. The van der Waals surface area contributed by atoms with E-state index in [0.29, 0.717) is 47.2 Å². The Bertz CT molecular complexity index is 2110. The number of phenols is 1. The Morgan fingerprint density at radius 1 is 1.21 bits per heavy atom. The number of pyridine rings is 1. The molecule has 2 aromatic carbocycles. The number of fused-ring (bicyclic) bond motifs is 2. The molecule has 1 aliphatic heterocycles. The van der Waals surface area contributed by atoms with Crippen LogP contribution in [0, 0.1) is 18.2 Å². The van der Waals surface area contributed by atoms with Crippen LogP contribution in [-0.2, 0) is 11.2 Å². The molecular formula is C41H42F2N6O3. The number of allylic oxidation sites excluding steroid dienone is 1. The molecule has 1 saturated carbocycles. The van der Waals surface area contributed by atoms with Gasteiger partial charge in [0.2, 0.25) is 5.91 Å². The third-order valence-electron chi connectivity index (χ3n) is 11.0. The van der Waals surface area contributed by atoms with Crippen molar-refractivity contribution in [2.75, 3.05) is 37.0 Å². The topological polar surface area (TPSA) is 104 Å². The molecule has 9 nitrogen and oxygen atoms in total. The highest BCUT2D eigenvalue weighted by molar-refractivity contribution is 6.02. The number of carbonyl (C=O) groups excluding carboxylic acids is 1. The zero-order valence-corrected chi connectivity index (χ0v) is 29.5. The molecule has 268 valence electrons. The van der Waals surface area contributed by atoms with Gasteiger partial charge in [0.1, 0.15) is 30.2 Å². The van der Waals surface area contributed by atoms with E-state index in [1.165, 1.54) is 12.1 Å². The first kappa shape index (κ1) is 34.9. The van der Waals surface area contributed by atoms with E-state index in [-0.39, 0.29) is 42.8 Å². The van der Waals surface area contributed by atoms with Crippen LogP contribution < -0.4 is 15.0 Å². The molecule has 2 N–H and O–H groups in total. The molecule has 0 radical (unpaired) electrons. The largest absolute Gasteiger partial charge is 0.508 e. The van der Waals surface area contributed by atoms with Crippen LogP contribution in [0.2, 0.25) is 0 Å². The second kappa shape index (κ2) is 13.9. The number of likely N-dealkylation sites (N-methyl/N-ethyl adjacent to an activating group) is 1. The van der Waals surface area contributed by atoms with Crippen LogP contribution in [0.3, 0.4) is 0 Å². The van der Waals surface area contributed by atoms with E-state index in [1.807, 2.05) is 37.1 Å². The van der Waals surface area contributed by atoms with Gasteiger partial charge in [-0.1, -0.05) is 31.4 Å². The third kappa shape index (κ3) is 6.42. The normalized spacial score (nSPS) is 20.6. The van der Waals surface area contributed by atoms with Crippen molar-refractivity contribution < 1.29 is 23.4 Å². The number of hydrogen-bond acceptors (Lipinski definition) is 8. The highest BCUT2D eigenvalue weighted by atomic mass is 19.1. The number of nitrogens with one attached hydrogen (secondary N) is 1. The third-order valence-corrected chi connectivity index (χ3v) is 11.0. The number of halogens is 2. The van der Waals surface area contributed by atoms with Crippen molar-refractivity contribution >= 4 is 39.8 Å². The van der Waals surface area contributed by atoms with Gasteiger partial charge < -0.3 is 25.0 Å². The SMILES string of the molecule is C#Cc1c(F)ccc2cc(O)cc(C3=Cc4nc(OC[C@]5(C)C[C@@H](F)CN5c5ccncc5)nc(NCC5(N(C)C(=O)C=C)CCCC5)c4CC3)c12. The van der Waals surface area contributed by atoms with E-state index in [1.54, 1.807) is 35.5 Å². The molecule has 7 rings (SSSR count). The smallest absolute Gasteiger partial charge is 0.319 e. The van der Waals surface area contributed by atoms with E-state index in [9.17, 15) is 18.7 Å². The van der Waals surface area contributed by atoms with Crippen molar-refractivity contribution in [2.24, 2.45) is 0 Å². The second-order valence-electron chi connectivity index (χ2n) is 14.3. The number of terminal acetylenes is 1. The molecule has 2 fully saturated rings. The van der Waals surface area contributed by atoms with Crippen LogP contribution in [0.15, 0.2) is 61.4 Å². The molecule has 0 spiro atoms. The number of rotatable bonds is 10. The summed E-state index contributed by atoms with van der Waals surface area (Å²) in [5.41, 5.74) is 2.78. The van der Waals surface area contributed by atoms with Crippen LogP contribution in [0.4, 0.5) is 20.3 Å². The molecule has 0 bridgehead atoms. The number of amides is 1. The summed E-state index contributed by atoms with van der Waals surface area (Å²) in [6, 6.07) is 9.92. The minimum Gasteiger partial charge on any atom is -0.508 e. The van der Waals surface area contributed by atoms with Gasteiger partial charge in [-0.25, -0.2) is 8.78 Å². The summed E-state index contributed by atoms with van der Waals surface area (Å²) in [5, 5.41) is 15.4. The Kier molecular flexibility index (Phi) is 9.34. The van der Waals surface area contributed by atoms with Gasteiger partial charge in [-0.05, 0) is 91.6 Å². The zero-order valence-electron chi connectivity index (χ0n) is 29.5. The van der Waals surface area contributed by atoms with Crippen LogP contribution in [0.25, 0.3) is 22.4 Å². The van der Waals surface area contributed by atoms with E-state index in [2.05, 4.69) is 22.8 Å². The summed E-state index contributed by atoms with van der Waals surface area (Å²) < 4.78 is 36.3. The first-order valence-corrected chi connectivity index (χ1v) is 17.7. The number of aromatic hydroxyl groups is 1. The van der Waals surface area contributed by atoms with Gasteiger partial charge in [0.25, 0.3) is 0 Å². The number of alkyl halides is 1. The van der Waals surface area contributed by atoms with Crippen LogP contribution >= 0.6 is 0 Å². The van der Waals surface area contributed by atoms with Crippen LogP contribution in [-0.4, -0.2) is 74.9 Å². The van der Waals surface area contributed by atoms with Crippen molar-refractivity contribution in [3.63, 3.8) is 0 Å². The first-order valence-electron chi connectivity index (χ1n) is 17.7. The molecule has 4 aromatic rings. The fourth-order valence-electron chi connectivity index (χ4n) is 8.24. The van der Waals surface area contributed by atoms with E-state index in [4.69, 9.17) is 21.1 Å². The lowest BCUT2D eigenvalue weighted by Gasteiger charge is -2.39. The summed E-state index contributed by atoms with van der Waals surface area (Å²) in [4.78, 5) is 30.4. The van der Waals surface area contributed by atoms with Crippen molar-refractivity contribution in [1.29, 1.82) is 0 Å². The van der Waals surface area contributed by atoms with Gasteiger partial charge in [-0.2, -0.15) is 9.97 Å². The Labute approximate surface area is 302 Å². The molecule has 1 amide bonds. The molecule has 2 aromatic heterocycles. The number of carbonyl (C=O) groups is 1. The van der Waals surface area contributed by atoms with Crippen LogP contribution in [0.1, 0.15) is 67.8 Å². The van der Waals surface area contributed by atoms with Crippen molar-refractivity contribution in [3.8, 4) is 24.1 Å². The Hall–Kier alpha value is -5.50. The molecule has 2 aliphatic carbocycles. The molecule has 3 aliphatic rings. The molecule has 0 unspecified atom stereocenters. The standard InChI is InChI=1S/C41H42F2N6O3/c1-5-31-34(43)12-10-27-19-30(50)21-33(37(27)31)26-9-11-32-35(20-26)46-39(47-38(32)45-24-41(15-7-8-16-41)48(4)36(51)6-2)52-25-40(3)22-28(42)23-49(40)29-13-17-44-18-14-29/h1,6,10,12-14,17-21,28,50H,2,7-9,11,15-16,22-25H2,3-4H3,(H,45,46,47)/t28-,40+/m1/s1. The summed E-state index contributed by atoms with van der Waals surface area (Å²) in [7, 11) is 1.82. The summed E-state index contributed by atoms with van der Waals surface area (Å²) >= 11 is 0. The number of aromatic nitrogens is 3. The van der Waals surface area contributed by atoms with Gasteiger partial charge in [0.15, 0.2) is 0 Å². The average molecular weight is 705 g/mol. The van der Waals surface area contributed by atoms with Crippen molar-refractivity contribution in [2.45, 2.75) is 69.1 Å². The first-order chi connectivity index (χ1) is 25.0. The number of hydrogen-bond donors (Lipinski definition) is 2. The van der Waals surface area contributed by atoms with Gasteiger partial charge >= 0.3 is 6.01 Å². The van der Waals surface area contributed by atoms with Gasteiger partial charge in [0, 0.05) is 55.6 Å². The number of anilines is 2. The molecule has 1 saturated heterocycles. The predicted molar refractivity (Wildman–Crippen MR) is 199 cm³/mol. The fraction of sp³-hybridized carbons (Fsp3) is 0.366. The minimum atomic E-state index is -1.04. The maximum Gasteiger partial charge on any atom is 0.319 e. The fourth-order valence-corrected chi connectivity index (χ4v) is 8.24. The van der Waals surface area contributed by atoms with Gasteiger partial charge in [-0.3, -0.25) is 9.78 Å². The van der Waals surface area contributed by atoms with Gasteiger partial charge in [-0.15, -0.1) is 6.42 Å². The maximum atomic E-state index is 15.0. The lowest BCUT2D eigenvalue weighted by Crippen LogP contribution is -2.51. The van der Waals surface area contributed by atoms with Crippen molar-refractivity contribution in [1.82, 2.24) is 19.9 Å². The highest BCUT2D eigenvalue weighted by Gasteiger charge is 2.44. The molecule has 3 heterocycles. The monoisotopic (exact) mass is 704 g/mol. The number of phenolic OH excluding ortho intramolecular Hbond substituents is 1. The zero-order chi connectivity index (χ0) is 36.6. The number of ether oxygens (including phenoxy) is 1. The molecule has 2 atom stereocenters. The predicted octanol–water partition coefficient (Wildman–Crippen LogP) is 7.09. The average Bonchev–Trinajstić information content (AvgIpc) is 3.76. The second-order valence-corrected chi connectivity index (χ2v) is 14.3. The number of nitrogens with zero attached hydrogens (tertiary/aromatic N) is 5. The molecule has 52 heavy (non-hydrogen) atoms. The van der Waals surface area contributed by atoms with Crippen molar-refractivity contribution in [3.05, 3.63) is 89.6 Å². The Morgan fingerprint density at radius 2 is 1.98 bits per heavy atom. The van der Waals surface area contributed by atoms with E-state index in [0.717, 1.165) is 42.5 Å². The Morgan fingerprint density at radius 3 is 2.71 bits per heavy atom. The summed E-state index contributed by atoms with van der Waals surface area (Å²) in [5.74, 6) is 2.47. The Balaban J connectivity index is 1.28. The van der Waals surface area contributed by atoms with E-state index >= 15 is 0 Å².